The smallest absolute Gasteiger partial charge is 0.0540 e. The van der Waals surface area contributed by atoms with Crippen molar-refractivity contribution in [2.45, 2.75) is 0 Å². The Morgan fingerprint density at radius 1 is 0.308 bits per heavy atom. The van der Waals surface area contributed by atoms with Crippen LogP contribution in [0.15, 0.2) is 200 Å². The molecule has 0 aliphatic heterocycles. The Labute approximate surface area is 307 Å². The normalized spacial score (nSPS) is 11.5. The van der Waals surface area contributed by atoms with E-state index >= 15 is 0 Å². The molecule has 0 aliphatic rings. The summed E-state index contributed by atoms with van der Waals surface area (Å²) >= 11 is 1.86. The van der Waals surface area contributed by atoms with Crippen LogP contribution in [0, 0.1) is 0 Å². The summed E-state index contributed by atoms with van der Waals surface area (Å²) in [5, 5.41) is 7.58. The maximum absolute atomic E-state index is 2.45. The first-order chi connectivity index (χ1) is 25.8. The minimum absolute atomic E-state index is 1.11. The Bertz CT molecular complexity index is 2910. The summed E-state index contributed by atoms with van der Waals surface area (Å²) in [5.41, 5.74) is 10.6. The van der Waals surface area contributed by atoms with Gasteiger partial charge < -0.3 is 4.90 Å². The molecule has 10 rings (SSSR count). The van der Waals surface area contributed by atoms with Crippen LogP contribution in [-0.2, 0) is 0 Å². The third-order valence-electron chi connectivity index (χ3n) is 10.3. The van der Waals surface area contributed by atoms with Crippen LogP contribution < -0.4 is 4.90 Å². The molecule has 0 atom stereocenters. The predicted octanol–water partition coefficient (Wildman–Crippen LogP) is 14.8. The van der Waals surface area contributed by atoms with Crippen molar-refractivity contribution in [3.8, 4) is 33.4 Å². The van der Waals surface area contributed by atoms with Crippen LogP contribution in [0.5, 0.6) is 0 Å². The van der Waals surface area contributed by atoms with E-state index in [9.17, 15) is 0 Å². The van der Waals surface area contributed by atoms with Gasteiger partial charge in [-0.2, -0.15) is 0 Å². The van der Waals surface area contributed by atoms with Crippen LogP contribution in [0.3, 0.4) is 0 Å². The van der Waals surface area contributed by atoms with E-state index in [1.165, 1.54) is 75.1 Å². The fraction of sp³-hybridized carbons (Fsp3) is 0. The maximum Gasteiger partial charge on any atom is 0.0540 e. The molecule has 52 heavy (non-hydrogen) atoms. The molecule has 0 bridgehead atoms. The Morgan fingerprint density at radius 3 is 1.75 bits per heavy atom. The summed E-state index contributed by atoms with van der Waals surface area (Å²) < 4.78 is 2.63. The van der Waals surface area contributed by atoms with Gasteiger partial charge in [0, 0.05) is 36.8 Å². The predicted molar refractivity (Wildman–Crippen MR) is 225 cm³/mol. The summed E-state index contributed by atoms with van der Waals surface area (Å²) in [6.07, 6.45) is 0. The minimum atomic E-state index is 1.11. The van der Waals surface area contributed by atoms with Gasteiger partial charge in [-0.3, -0.25) is 0 Å². The molecule has 0 saturated carbocycles. The molecule has 1 nitrogen and oxygen atoms in total. The number of nitrogens with zero attached hydrogens (tertiary/aromatic N) is 1. The van der Waals surface area contributed by atoms with Gasteiger partial charge in [0.25, 0.3) is 0 Å². The Kier molecular flexibility index (Phi) is 7.41. The van der Waals surface area contributed by atoms with Crippen LogP contribution in [0.1, 0.15) is 0 Å². The van der Waals surface area contributed by atoms with Crippen molar-refractivity contribution in [3.05, 3.63) is 200 Å². The molecule has 244 valence electrons. The van der Waals surface area contributed by atoms with E-state index in [1.54, 1.807) is 0 Å². The molecular weight excluding hydrogens is 647 g/mol. The Balaban J connectivity index is 1.12. The molecule has 0 amide bonds. The van der Waals surface area contributed by atoms with Gasteiger partial charge in [-0.15, -0.1) is 11.3 Å². The largest absolute Gasteiger partial charge is 0.309 e. The van der Waals surface area contributed by atoms with Crippen LogP contribution in [-0.4, -0.2) is 0 Å². The van der Waals surface area contributed by atoms with Crippen LogP contribution in [0.2, 0.25) is 0 Å². The topological polar surface area (TPSA) is 3.24 Å². The highest BCUT2D eigenvalue weighted by atomic mass is 32.1. The van der Waals surface area contributed by atoms with E-state index in [-0.39, 0.29) is 0 Å². The monoisotopic (exact) mass is 679 g/mol. The first-order valence-electron chi connectivity index (χ1n) is 17.8. The second-order valence-corrected chi connectivity index (χ2v) is 14.4. The van der Waals surface area contributed by atoms with E-state index < -0.39 is 0 Å². The first kappa shape index (κ1) is 30.4. The highest BCUT2D eigenvalue weighted by Gasteiger charge is 2.20. The van der Waals surface area contributed by atoms with Crippen molar-refractivity contribution < 1.29 is 0 Å². The maximum atomic E-state index is 2.45. The second-order valence-electron chi connectivity index (χ2n) is 13.3. The molecule has 9 aromatic carbocycles. The molecule has 0 aliphatic carbocycles. The molecule has 1 aromatic heterocycles. The van der Waals surface area contributed by atoms with Crippen LogP contribution in [0.25, 0.3) is 75.1 Å². The number of hydrogen-bond donors (Lipinski definition) is 0. The summed E-state index contributed by atoms with van der Waals surface area (Å²) in [7, 11) is 0. The highest BCUT2D eigenvalue weighted by Crippen LogP contribution is 2.45. The van der Waals surface area contributed by atoms with E-state index in [1.807, 2.05) is 11.3 Å². The zero-order valence-electron chi connectivity index (χ0n) is 28.4. The van der Waals surface area contributed by atoms with Crippen molar-refractivity contribution >= 4 is 70.1 Å². The molecule has 0 unspecified atom stereocenters. The van der Waals surface area contributed by atoms with E-state index in [2.05, 4.69) is 205 Å². The van der Waals surface area contributed by atoms with Gasteiger partial charge in [0.1, 0.15) is 0 Å². The van der Waals surface area contributed by atoms with Crippen molar-refractivity contribution in [1.29, 1.82) is 0 Å². The first-order valence-corrected chi connectivity index (χ1v) is 18.6. The molecule has 0 spiro atoms. The van der Waals surface area contributed by atoms with Gasteiger partial charge in [0.2, 0.25) is 0 Å². The third kappa shape index (κ3) is 5.24. The van der Waals surface area contributed by atoms with Gasteiger partial charge in [-0.1, -0.05) is 158 Å². The average molecular weight is 680 g/mol. The van der Waals surface area contributed by atoms with Crippen molar-refractivity contribution in [2.24, 2.45) is 0 Å². The third-order valence-corrected chi connectivity index (χ3v) is 11.4. The molecular formula is C50H33NS. The SMILES string of the molecule is c1cc(-c2ccc(-c3cccc4ccccc34)cc2)cc(N(c2ccccc2-c2ccc3sc4ccccc4c3c2)c2cccc3ccccc23)c1. The summed E-state index contributed by atoms with van der Waals surface area (Å²) in [4.78, 5) is 2.45. The highest BCUT2D eigenvalue weighted by molar-refractivity contribution is 7.25. The summed E-state index contributed by atoms with van der Waals surface area (Å²) in [6.45, 7) is 0. The van der Waals surface area contributed by atoms with Crippen molar-refractivity contribution in [2.75, 3.05) is 4.90 Å². The number of para-hydroxylation sites is 1. The van der Waals surface area contributed by atoms with Gasteiger partial charge in [-0.05, 0) is 86.4 Å². The molecule has 0 N–H and O–H groups in total. The Hall–Kier alpha value is -6.48. The van der Waals surface area contributed by atoms with E-state index in [4.69, 9.17) is 0 Å². The second kappa shape index (κ2) is 12.7. The average Bonchev–Trinajstić information content (AvgIpc) is 3.59. The number of anilines is 3. The minimum Gasteiger partial charge on any atom is -0.309 e. The Morgan fingerprint density at radius 2 is 0.885 bits per heavy atom. The lowest BCUT2D eigenvalue weighted by atomic mass is 9.96. The van der Waals surface area contributed by atoms with E-state index in [0.29, 0.717) is 0 Å². The van der Waals surface area contributed by atoms with Crippen molar-refractivity contribution in [3.63, 3.8) is 0 Å². The molecule has 1 heterocycles. The summed E-state index contributed by atoms with van der Waals surface area (Å²) in [5.74, 6) is 0. The fourth-order valence-electron chi connectivity index (χ4n) is 7.76. The van der Waals surface area contributed by atoms with Crippen molar-refractivity contribution in [1.82, 2.24) is 0 Å². The zero-order chi connectivity index (χ0) is 34.4. The lowest BCUT2D eigenvalue weighted by Crippen LogP contribution is -2.11. The van der Waals surface area contributed by atoms with Gasteiger partial charge in [0.05, 0.1) is 11.4 Å². The quantitative estimate of drug-likeness (QED) is 0.169. The number of fused-ring (bicyclic) bond motifs is 5. The number of benzene rings is 9. The van der Waals surface area contributed by atoms with Crippen LogP contribution >= 0.6 is 11.3 Å². The van der Waals surface area contributed by atoms with Gasteiger partial charge >= 0.3 is 0 Å². The molecule has 2 heteroatoms. The molecule has 0 radical (unpaired) electrons. The lowest BCUT2D eigenvalue weighted by Gasteiger charge is -2.29. The molecule has 0 saturated heterocycles. The molecule has 10 aromatic rings. The van der Waals surface area contributed by atoms with Crippen LogP contribution in [0.4, 0.5) is 17.1 Å². The number of thiophene rings is 1. The molecule has 0 fully saturated rings. The van der Waals surface area contributed by atoms with Gasteiger partial charge in [-0.25, -0.2) is 0 Å². The standard InChI is InChI=1S/C50H33NS/c1-3-18-41-35(12-1)14-10-22-42(41)37-28-26-34(27-29-37)38-16-9-17-40(32-38)51(48-24-11-15-36-13-2-4-19-43(36)48)47-23-7-5-20-44(47)39-30-31-50-46(33-39)45-21-6-8-25-49(45)52-50/h1-33H. The number of rotatable bonds is 6. The fourth-order valence-corrected chi connectivity index (χ4v) is 8.85. The summed E-state index contributed by atoms with van der Waals surface area (Å²) in [6, 6.07) is 73.0. The zero-order valence-corrected chi connectivity index (χ0v) is 29.2. The lowest BCUT2D eigenvalue weighted by molar-refractivity contribution is 1.30. The van der Waals surface area contributed by atoms with E-state index in [0.717, 1.165) is 17.1 Å². The van der Waals surface area contributed by atoms with Gasteiger partial charge in [0.15, 0.2) is 0 Å². The number of hydrogen-bond acceptors (Lipinski definition) is 2.